The molecular formula is C25H35N5O2. The number of urea groups is 1. The minimum Gasteiger partial charge on any atom is -0.369 e. The quantitative estimate of drug-likeness (QED) is 0.553. The van der Waals surface area contributed by atoms with Crippen LogP contribution in [0.15, 0.2) is 48.5 Å². The highest BCUT2D eigenvalue weighted by atomic mass is 16.2. The second-order valence-electron chi connectivity index (χ2n) is 8.61. The topological polar surface area (TPSA) is 76.7 Å². The van der Waals surface area contributed by atoms with Crippen LogP contribution in [0.3, 0.4) is 0 Å². The number of carbonyl (C=O) groups is 2. The second kappa shape index (κ2) is 11.5. The summed E-state index contributed by atoms with van der Waals surface area (Å²) in [5, 5.41) is 8.51. The summed E-state index contributed by atoms with van der Waals surface area (Å²) < 4.78 is 0. The maximum atomic E-state index is 12.5. The van der Waals surface area contributed by atoms with Gasteiger partial charge in [-0.3, -0.25) is 9.69 Å². The highest BCUT2D eigenvalue weighted by Gasteiger charge is 2.17. The van der Waals surface area contributed by atoms with Gasteiger partial charge < -0.3 is 20.9 Å². The van der Waals surface area contributed by atoms with Crippen molar-refractivity contribution in [1.29, 1.82) is 0 Å². The molecule has 1 fully saturated rings. The van der Waals surface area contributed by atoms with E-state index in [0.717, 1.165) is 39.1 Å². The van der Waals surface area contributed by atoms with Crippen molar-refractivity contribution in [2.45, 2.75) is 33.2 Å². The molecule has 2 aromatic carbocycles. The number of benzene rings is 2. The van der Waals surface area contributed by atoms with Gasteiger partial charge in [0.1, 0.15) is 0 Å². The fraction of sp³-hybridized carbons (Fsp3) is 0.440. The first-order valence-electron chi connectivity index (χ1n) is 11.4. The van der Waals surface area contributed by atoms with Gasteiger partial charge in [0.15, 0.2) is 0 Å². The number of carbonyl (C=O) groups excluding carboxylic acids is 2. The van der Waals surface area contributed by atoms with Gasteiger partial charge in [-0.25, -0.2) is 4.79 Å². The van der Waals surface area contributed by atoms with Crippen molar-refractivity contribution in [3.63, 3.8) is 0 Å². The molecule has 0 bridgehead atoms. The van der Waals surface area contributed by atoms with E-state index in [9.17, 15) is 9.59 Å². The van der Waals surface area contributed by atoms with E-state index >= 15 is 0 Å². The molecule has 32 heavy (non-hydrogen) atoms. The molecule has 0 atom stereocenters. The first-order chi connectivity index (χ1) is 15.4. The van der Waals surface area contributed by atoms with E-state index in [1.165, 1.54) is 11.3 Å². The Bertz CT molecular complexity index is 907. The van der Waals surface area contributed by atoms with Crippen molar-refractivity contribution < 1.29 is 9.59 Å². The van der Waals surface area contributed by atoms with Crippen LogP contribution in [0.5, 0.6) is 0 Å². The molecule has 3 amide bonds. The predicted molar refractivity (Wildman–Crippen MR) is 131 cm³/mol. The fourth-order valence-electron chi connectivity index (χ4n) is 3.83. The molecule has 0 spiro atoms. The third kappa shape index (κ3) is 7.27. The normalized spacial score (nSPS) is 14.3. The summed E-state index contributed by atoms with van der Waals surface area (Å²) in [6.45, 7) is 11.6. The predicted octanol–water partition coefficient (Wildman–Crippen LogP) is 3.47. The first-order valence-corrected chi connectivity index (χ1v) is 11.4. The number of amides is 3. The minimum absolute atomic E-state index is 0.0481. The summed E-state index contributed by atoms with van der Waals surface area (Å²) in [6.07, 6.45) is 0.908. The Morgan fingerprint density at radius 3 is 2.47 bits per heavy atom. The van der Waals surface area contributed by atoms with Crippen LogP contribution in [0.1, 0.15) is 36.2 Å². The third-order valence-corrected chi connectivity index (χ3v) is 5.48. The lowest BCUT2D eigenvalue weighted by Gasteiger charge is -2.36. The average Bonchev–Trinajstić information content (AvgIpc) is 2.76. The molecule has 3 N–H and O–H groups in total. The summed E-state index contributed by atoms with van der Waals surface area (Å²) in [5.41, 5.74) is 3.73. The van der Waals surface area contributed by atoms with Crippen molar-refractivity contribution in [3.8, 4) is 0 Å². The van der Waals surface area contributed by atoms with Gasteiger partial charge in [0.05, 0.1) is 0 Å². The van der Waals surface area contributed by atoms with E-state index in [1.54, 1.807) is 24.3 Å². The molecular weight excluding hydrogens is 402 g/mol. The lowest BCUT2D eigenvalue weighted by molar-refractivity contribution is 0.0951. The number of aryl methyl sites for hydroxylation is 1. The van der Waals surface area contributed by atoms with Gasteiger partial charge in [0.2, 0.25) is 0 Å². The maximum absolute atomic E-state index is 12.5. The molecule has 7 nitrogen and oxygen atoms in total. The van der Waals surface area contributed by atoms with Gasteiger partial charge in [-0.05, 0) is 69.6 Å². The number of hydrogen-bond acceptors (Lipinski definition) is 4. The molecule has 1 saturated heterocycles. The van der Waals surface area contributed by atoms with Gasteiger partial charge in [0.25, 0.3) is 5.91 Å². The lowest BCUT2D eigenvalue weighted by Crippen LogP contribution is -2.47. The zero-order chi connectivity index (χ0) is 22.9. The van der Waals surface area contributed by atoms with Crippen LogP contribution in [-0.2, 0) is 0 Å². The highest BCUT2D eigenvalue weighted by molar-refractivity contribution is 5.96. The van der Waals surface area contributed by atoms with E-state index in [-0.39, 0.29) is 18.0 Å². The molecule has 1 aliphatic rings. The van der Waals surface area contributed by atoms with Crippen molar-refractivity contribution in [1.82, 2.24) is 15.5 Å². The Kier molecular flexibility index (Phi) is 8.50. The van der Waals surface area contributed by atoms with E-state index in [4.69, 9.17) is 0 Å². The number of piperazine rings is 1. The smallest absolute Gasteiger partial charge is 0.319 e. The molecule has 0 radical (unpaired) electrons. The Morgan fingerprint density at radius 1 is 1.00 bits per heavy atom. The molecule has 1 heterocycles. The van der Waals surface area contributed by atoms with Gasteiger partial charge in [-0.2, -0.15) is 0 Å². The highest BCUT2D eigenvalue weighted by Crippen LogP contribution is 2.17. The maximum Gasteiger partial charge on any atom is 0.319 e. The standard InChI is InChI=1S/C25H35N5O2/c1-19(2)27-25(32)28-22-9-5-8-21(18-22)24(31)26-11-6-12-29-13-15-30(16-14-29)23-10-4-7-20(3)17-23/h4-5,7-10,17-19H,6,11-16H2,1-3H3,(H,26,31)(H2,27,28,32). The molecule has 0 aromatic heterocycles. The zero-order valence-electron chi connectivity index (χ0n) is 19.4. The van der Waals surface area contributed by atoms with Crippen LogP contribution in [-0.4, -0.2) is 62.1 Å². The van der Waals surface area contributed by atoms with E-state index in [0.29, 0.717) is 17.8 Å². The summed E-state index contributed by atoms with van der Waals surface area (Å²) >= 11 is 0. The fourth-order valence-corrected chi connectivity index (χ4v) is 3.83. The number of rotatable bonds is 8. The van der Waals surface area contributed by atoms with Gasteiger partial charge in [0, 0.05) is 55.7 Å². The number of hydrogen-bond donors (Lipinski definition) is 3. The molecule has 0 aliphatic carbocycles. The van der Waals surface area contributed by atoms with E-state index in [2.05, 4.69) is 56.9 Å². The van der Waals surface area contributed by atoms with E-state index < -0.39 is 0 Å². The molecule has 1 aliphatic heterocycles. The van der Waals surface area contributed by atoms with Crippen LogP contribution in [0.2, 0.25) is 0 Å². The number of nitrogens with zero attached hydrogens (tertiary/aromatic N) is 2. The largest absolute Gasteiger partial charge is 0.369 e. The SMILES string of the molecule is Cc1cccc(N2CCN(CCCNC(=O)c3cccc(NC(=O)NC(C)C)c3)CC2)c1. The molecule has 0 saturated carbocycles. The Hall–Kier alpha value is -3.06. The van der Waals surface area contributed by atoms with E-state index in [1.807, 2.05) is 13.8 Å². The third-order valence-electron chi connectivity index (χ3n) is 5.48. The van der Waals surface area contributed by atoms with Crippen LogP contribution in [0.25, 0.3) is 0 Å². The second-order valence-corrected chi connectivity index (χ2v) is 8.61. The van der Waals surface area contributed by atoms with Crippen LogP contribution < -0.4 is 20.9 Å². The average molecular weight is 438 g/mol. The summed E-state index contributed by atoms with van der Waals surface area (Å²) in [5.74, 6) is -0.123. The first kappa shape index (κ1) is 23.6. The van der Waals surface area contributed by atoms with Crippen molar-refractivity contribution in [2.75, 3.05) is 49.5 Å². The van der Waals surface area contributed by atoms with Crippen LogP contribution >= 0.6 is 0 Å². The summed E-state index contributed by atoms with van der Waals surface area (Å²) in [7, 11) is 0. The monoisotopic (exact) mass is 437 g/mol. The summed E-state index contributed by atoms with van der Waals surface area (Å²) in [6, 6.07) is 15.4. The lowest BCUT2D eigenvalue weighted by atomic mass is 10.2. The molecule has 3 rings (SSSR count). The number of nitrogens with one attached hydrogen (secondary N) is 3. The Labute approximate surface area is 191 Å². The van der Waals surface area contributed by atoms with Crippen molar-refractivity contribution in [2.24, 2.45) is 0 Å². The van der Waals surface area contributed by atoms with Crippen molar-refractivity contribution >= 4 is 23.3 Å². The van der Waals surface area contributed by atoms with Crippen molar-refractivity contribution in [3.05, 3.63) is 59.7 Å². The molecule has 172 valence electrons. The van der Waals surface area contributed by atoms with Gasteiger partial charge >= 0.3 is 6.03 Å². The zero-order valence-corrected chi connectivity index (χ0v) is 19.4. The van der Waals surface area contributed by atoms with Gasteiger partial charge in [-0.15, -0.1) is 0 Å². The Morgan fingerprint density at radius 2 is 1.75 bits per heavy atom. The van der Waals surface area contributed by atoms with Crippen LogP contribution in [0, 0.1) is 6.92 Å². The summed E-state index contributed by atoms with van der Waals surface area (Å²) in [4.78, 5) is 29.2. The van der Waals surface area contributed by atoms with Crippen LogP contribution in [0.4, 0.5) is 16.2 Å². The number of anilines is 2. The minimum atomic E-state index is -0.278. The molecule has 7 heteroatoms. The van der Waals surface area contributed by atoms with Gasteiger partial charge in [-0.1, -0.05) is 18.2 Å². The Balaban J connectivity index is 1.37. The molecule has 2 aromatic rings. The molecule has 0 unspecified atom stereocenters.